The average molecular weight is 921 g/mol. The third kappa shape index (κ3) is 6.67. The summed E-state index contributed by atoms with van der Waals surface area (Å²) in [6.45, 7) is 9.28. The second kappa shape index (κ2) is 16.2. The Labute approximate surface area is 413 Å². The Morgan fingerprint density at radius 1 is 0.286 bits per heavy atom. The minimum atomic E-state index is -0.140. The predicted octanol–water partition coefficient (Wildman–Crippen LogP) is 17.0. The molecule has 70 heavy (non-hydrogen) atoms. The summed E-state index contributed by atoms with van der Waals surface area (Å²) in [5.41, 5.74) is 17.9. The summed E-state index contributed by atoms with van der Waals surface area (Å²) in [5, 5.41) is 0. The Kier molecular flexibility index (Phi) is 9.68. The van der Waals surface area contributed by atoms with Crippen LogP contribution in [-0.2, 0) is 10.8 Å². The van der Waals surface area contributed by atoms with Gasteiger partial charge in [-0.3, -0.25) is 0 Å². The first-order valence-electron chi connectivity index (χ1n) is 23.9. The van der Waals surface area contributed by atoms with E-state index in [0.717, 1.165) is 45.1 Å². The molecular weight excluding hydrogens is 873 g/mol. The predicted molar refractivity (Wildman–Crippen MR) is 289 cm³/mol. The molecule has 0 fully saturated rings. The van der Waals surface area contributed by atoms with E-state index in [1.807, 2.05) is 11.8 Å². The van der Waals surface area contributed by atoms with E-state index in [1.54, 1.807) is 0 Å². The van der Waals surface area contributed by atoms with Gasteiger partial charge in [0.2, 0.25) is 0 Å². The molecule has 0 radical (unpaired) electrons. The molecule has 0 saturated carbocycles. The highest BCUT2D eigenvalue weighted by Crippen LogP contribution is 2.54. The smallest absolute Gasteiger partial charge is 0.164 e. The van der Waals surface area contributed by atoms with Gasteiger partial charge >= 0.3 is 0 Å². The van der Waals surface area contributed by atoms with Gasteiger partial charge in [-0.2, -0.15) is 0 Å². The van der Waals surface area contributed by atoms with Gasteiger partial charge in [-0.05, 0) is 144 Å². The van der Waals surface area contributed by atoms with Gasteiger partial charge in [0.1, 0.15) is 0 Å². The molecule has 0 amide bonds. The van der Waals surface area contributed by atoms with Crippen LogP contribution in [-0.4, -0.2) is 15.0 Å². The van der Waals surface area contributed by atoms with Crippen molar-refractivity contribution in [2.75, 3.05) is 14.7 Å². The molecule has 0 bridgehead atoms. The van der Waals surface area contributed by atoms with E-state index in [9.17, 15) is 0 Å². The minimum Gasteiger partial charge on any atom is -0.310 e. The van der Waals surface area contributed by atoms with Crippen LogP contribution in [0.25, 0.3) is 34.2 Å². The van der Waals surface area contributed by atoms with Crippen molar-refractivity contribution in [3.8, 4) is 34.2 Å². The molecule has 9 aromatic carbocycles. The molecule has 4 heterocycles. The number of benzene rings is 9. The van der Waals surface area contributed by atoms with Crippen molar-refractivity contribution in [3.05, 3.63) is 241 Å². The first kappa shape index (κ1) is 41.9. The maximum Gasteiger partial charge on any atom is 0.164 e. The highest BCUT2D eigenvalue weighted by Gasteiger charge is 2.38. The molecule has 0 aliphatic carbocycles. The molecule has 0 saturated heterocycles. The van der Waals surface area contributed by atoms with Crippen LogP contribution in [0.5, 0.6) is 0 Å². The number of fused-ring (bicyclic) bond motifs is 6. The minimum absolute atomic E-state index is 0.140. The van der Waals surface area contributed by atoms with Crippen molar-refractivity contribution in [1.29, 1.82) is 0 Å². The highest BCUT2D eigenvalue weighted by molar-refractivity contribution is 7.99. The number of hydrogen-bond donors (Lipinski definition) is 0. The van der Waals surface area contributed by atoms with Crippen LogP contribution >= 0.6 is 11.8 Å². The van der Waals surface area contributed by atoms with E-state index >= 15 is 0 Å². The summed E-state index contributed by atoms with van der Waals surface area (Å²) < 4.78 is 0. The second-order valence-electron chi connectivity index (χ2n) is 19.3. The van der Waals surface area contributed by atoms with Gasteiger partial charge in [0.15, 0.2) is 17.5 Å². The van der Waals surface area contributed by atoms with E-state index in [1.165, 1.54) is 54.8 Å². The van der Waals surface area contributed by atoms with Crippen LogP contribution in [0, 0.1) is 0 Å². The number of hydrogen-bond acceptors (Lipinski definition) is 7. The van der Waals surface area contributed by atoms with Crippen molar-refractivity contribution in [2.45, 2.75) is 48.3 Å². The summed E-state index contributed by atoms with van der Waals surface area (Å²) in [4.78, 5) is 25.3. The quantitative estimate of drug-likeness (QED) is 0.165. The second-order valence-corrected chi connectivity index (χ2v) is 20.4. The highest BCUT2D eigenvalue weighted by atomic mass is 32.2. The Balaban J connectivity index is 0.908. The fraction of sp³-hybridized carbons (Fsp3) is 0.0952. The topological polar surface area (TPSA) is 48.4 Å². The lowest BCUT2D eigenvalue weighted by Crippen LogP contribution is -2.30. The Morgan fingerprint density at radius 2 is 0.529 bits per heavy atom. The van der Waals surface area contributed by atoms with Gasteiger partial charge in [0.25, 0.3) is 0 Å². The number of aromatic nitrogens is 3. The van der Waals surface area contributed by atoms with E-state index < -0.39 is 0 Å². The zero-order valence-corrected chi connectivity index (χ0v) is 40.2. The number of anilines is 9. The van der Waals surface area contributed by atoms with Gasteiger partial charge in [-0.1, -0.05) is 137 Å². The summed E-state index contributed by atoms with van der Waals surface area (Å²) >= 11 is 1.81. The fourth-order valence-corrected chi connectivity index (χ4v) is 12.0. The largest absolute Gasteiger partial charge is 0.310 e. The van der Waals surface area contributed by atoms with Gasteiger partial charge in [-0.25, -0.2) is 15.0 Å². The molecule has 0 atom stereocenters. The molecule has 0 spiro atoms. The molecule has 6 nitrogen and oxygen atoms in total. The standard InChI is InChI=1S/C63H48N6S/c1-62(2)47-17-5-9-21-51(47)67(52-22-10-6-18-48(52)62)44-35-29-41(30-36-44)59-64-60(42-31-37-45(38-32-42)68-53-23-11-7-19-49(53)63(3,4)50-20-8-12-24-54(50)68)66-61(65-59)43-33-39-46(40-34-43)69-55-25-13-15-27-57(55)70-58-28-16-14-26-56(58)69/h5-40H,1-4H3. The van der Waals surface area contributed by atoms with Crippen molar-refractivity contribution in [3.63, 3.8) is 0 Å². The van der Waals surface area contributed by atoms with Crippen molar-refractivity contribution >= 4 is 62.9 Å². The molecular formula is C63H48N6S. The van der Waals surface area contributed by atoms with Gasteiger partial charge in [-0.15, -0.1) is 0 Å². The summed E-state index contributed by atoms with van der Waals surface area (Å²) in [6.07, 6.45) is 0. The monoisotopic (exact) mass is 920 g/mol. The zero-order chi connectivity index (χ0) is 47.1. The third-order valence-corrected chi connectivity index (χ3v) is 15.6. The number of rotatable bonds is 6. The van der Waals surface area contributed by atoms with Crippen LogP contribution < -0.4 is 14.7 Å². The lowest BCUT2D eigenvalue weighted by molar-refractivity contribution is 0.632. The lowest BCUT2D eigenvalue weighted by atomic mass is 9.73. The summed E-state index contributed by atoms with van der Waals surface area (Å²) in [6, 6.07) is 78.2. The van der Waals surface area contributed by atoms with Gasteiger partial charge in [0.05, 0.1) is 34.1 Å². The van der Waals surface area contributed by atoms with Crippen LogP contribution in [0.3, 0.4) is 0 Å². The molecule has 10 aromatic rings. The number of para-hydroxylation sites is 6. The molecule has 7 heteroatoms. The van der Waals surface area contributed by atoms with Crippen LogP contribution in [0.15, 0.2) is 228 Å². The zero-order valence-electron chi connectivity index (χ0n) is 39.4. The molecule has 0 N–H and O–H groups in total. The van der Waals surface area contributed by atoms with Crippen LogP contribution in [0.4, 0.5) is 51.2 Å². The van der Waals surface area contributed by atoms with Crippen molar-refractivity contribution in [2.24, 2.45) is 0 Å². The Hall–Kier alpha value is -8.26. The van der Waals surface area contributed by atoms with E-state index in [-0.39, 0.29) is 10.8 Å². The first-order valence-corrected chi connectivity index (χ1v) is 24.8. The summed E-state index contributed by atoms with van der Waals surface area (Å²) in [7, 11) is 0. The lowest BCUT2D eigenvalue weighted by Gasteiger charge is -2.42. The summed E-state index contributed by atoms with van der Waals surface area (Å²) in [5.74, 6) is 1.83. The van der Waals surface area contributed by atoms with Crippen molar-refractivity contribution < 1.29 is 0 Å². The Bertz CT molecular complexity index is 3340. The van der Waals surface area contributed by atoms with E-state index in [0.29, 0.717) is 17.5 Å². The SMILES string of the molecule is CC1(C)c2ccccc2N(c2ccc(-c3nc(-c4ccc(N5c6ccccc6Sc6ccccc65)cc4)nc(-c4ccc(N5c6ccccc6C(C)(C)c6ccccc65)cc4)n3)cc2)c2ccccc21. The molecule has 3 aliphatic heterocycles. The first-order chi connectivity index (χ1) is 34.2. The van der Waals surface area contributed by atoms with E-state index in [4.69, 9.17) is 15.0 Å². The van der Waals surface area contributed by atoms with Gasteiger partial charge in [0, 0.05) is 54.4 Å². The maximum atomic E-state index is 5.25. The Morgan fingerprint density at radius 3 is 0.829 bits per heavy atom. The van der Waals surface area contributed by atoms with Crippen molar-refractivity contribution in [1.82, 2.24) is 15.0 Å². The number of nitrogens with zero attached hydrogens (tertiary/aromatic N) is 6. The molecule has 336 valence electrons. The van der Waals surface area contributed by atoms with Crippen LogP contribution in [0.2, 0.25) is 0 Å². The fourth-order valence-electron chi connectivity index (χ4n) is 10.9. The third-order valence-electron chi connectivity index (χ3n) is 14.5. The molecule has 0 unspecified atom stereocenters. The molecule has 1 aromatic heterocycles. The maximum absolute atomic E-state index is 5.25. The van der Waals surface area contributed by atoms with Gasteiger partial charge < -0.3 is 14.7 Å². The van der Waals surface area contributed by atoms with E-state index in [2.05, 4.69) is 261 Å². The average Bonchev–Trinajstić information content (AvgIpc) is 3.41. The molecule has 13 rings (SSSR count). The molecule has 3 aliphatic rings. The normalized spacial score (nSPS) is 14.7. The van der Waals surface area contributed by atoms with Crippen LogP contribution in [0.1, 0.15) is 49.9 Å².